The summed E-state index contributed by atoms with van der Waals surface area (Å²) in [4.78, 5) is 16.0. The van der Waals surface area contributed by atoms with Crippen LogP contribution in [0.15, 0.2) is 66.9 Å². The van der Waals surface area contributed by atoms with E-state index in [1.165, 1.54) is 0 Å². The first kappa shape index (κ1) is 15.8. The third-order valence-corrected chi connectivity index (χ3v) is 3.38. The fourth-order valence-corrected chi connectivity index (χ4v) is 2.22. The summed E-state index contributed by atoms with van der Waals surface area (Å²) in [7, 11) is 0. The van der Waals surface area contributed by atoms with E-state index in [0.29, 0.717) is 18.9 Å². The number of aromatic nitrogens is 1. The van der Waals surface area contributed by atoms with Crippen LogP contribution in [0.25, 0.3) is 10.9 Å². The molecule has 24 heavy (non-hydrogen) atoms. The Bertz CT molecular complexity index is 806. The first-order chi connectivity index (χ1) is 11.8. The van der Waals surface area contributed by atoms with Crippen LogP contribution >= 0.6 is 0 Å². The molecular formula is C19H18N2O3. The Balaban J connectivity index is 1.39. The van der Waals surface area contributed by atoms with Gasteiger partial charge in [-0.25, -0.2) is 0 Å². The summed E-state index contributed by atoms with van der Waals surface area (Å²) in [5.74, 6) is 1.25. The second-order valence-corrected chi connectivity index (χ2v) is 5.16. The largest absolute Gasteiger partial charge is 0.492 e. The smallest absolute Gasteiger partial charge is 0.258 e. The van der Waals surface area contributed by atoms with Gasteiger partial charge in [-0.1, -0.05) is 24.3 Å². The lowest BCUT2D eigenvalue weighted by Crippen LogP contribution is -2.32. The lowest BCUT2D eigenvalue weighted by Gasteiger charge is -2.09. The van der Waals surface area contributed by atoms with Gasteiger partial charge in [0, 0.05) is 11.6 Å². The molecule has 0 unspecified atom stereocenters. The zero-order valence-electron chi connectivity index (χ0n) is 13.1. The van der Waals surface area contributed by atoms with Crippen molar-refractivity contribution in [2.45, 2.75) is 0 Å². The van der Waals surface area contributed by atoms with Crippen molar-refractivity contribution < 1.29 is 14.3 Å². The van der Waals surface area contributed by atoms with Crippen molar-refractivity contribution in [2.24, 2.45) is 0 Å². The number of nitrogens with zero attached hydrogens (tertiary/aromatic N) is 1. The minimum Gasteiger partial charge on any atom is -0.492 e. The maximum Gasteiger partial charge on any atom is 0.258 e. The number of nitrogens with one attached hydrogen (secondary N) is 1. The maximum atomic E-state index is 11.7. The molecular weight excluding hydrogens is 304 g/mol. The van der Waals surface area contributed by atoms with Gasteiger partial charge in [0.2, 0.25) is 0 Å². The highest BCUT2D eigenvalue weighted by Gasteiger charge is 2.02. The fraction of sp³-hybridized carbons (Fsp3) is 0.158. The van der Waals surface area contributed by atoms with Gasteiger partial charge in [-0.05, 0) is 36.4 Å². The molecule has 2 aromatic carbocycles. The Morgan fingerprint density at radius 2 is 1.83 bits per heavy atom. The molecule has 0 aliphatic carbocycles. The van der Waals surface area contributed by atoms with E-state index < -0.39 is 0 Å². The quantitative estimate of drug-likeness (QED) is 0.680. The van der Waals surface area contributed by atoms with Crippen molar-refractivity contribution >= 4 is 16.8 Å². The molecule has 1 heterocycles. The van der Waals surface area contributed by atoms with Crippen molar-refractivity contribution in [1.82, 2.24) is 10.3 Å². The van der Waals surface area contributed by atoms with Gasteiger partial charge in [0.25, 0.3) is 5.91 Å². The van der Waals surface area contributed by atoms with Crippen LogP contribution in [0.1, 0.15) is 0 Å². The molecule has 0 atom stereocenters. The summed E-state index contributed by atoms with van der Waals surface area (Å²) in [5.41, 5.74) is 0.927. The monoisotopic (exact) mass is 322 g/mol. The van der Waals surface area contributed by atoms with Crippen LogP contribution in [0.3, 0.4) is 0 Å². The Labute approximate surface area is 140 Å². The molecule has 0 saturated carbocycles. The lowest BCUT2D eigenvalue weighted by atomic mass is 10.2. The molecule has 0 aliphatic rings. The van der Waals surface area contributed by atoms with Gasteiger partial charge in [-0.3, -0.25) is 9.78 Å². The minimum absolute atomic E-state index is 0.00828. The number of ether oxygens (including phenoxy) is 2. The summed E-state index contributed by atoms with van der Waals surface area (Å²) in [6.07, 6.45) is 1.76. The van der Waals surface area contributed by atoms with E-state index >= 15 is 0 Å². The summed E-state index contributed by atoms with van der Waals surface area (Å²) in [6.45, 7) is 0.802. The highest BCUT2D eigenvalue weighted by atomic mass is 16.5. The van der Waals surface area contributed by atoms with Crippen molar-refractivity contribution in [3.63, 3.8) is 0 Å². The van der Waals surface area contributed by atoms with Crippen molar-refractivity contribution in [3.05, 3.63) is 66.9 Å². The Morgan fingerprint density at radius 1 is 0.958 bits per heavy atom. The van der Waals surface area contributed by atoms with Crippen LogP contribution in [0.2, 0.25) is 0 Å². The zero-order chi connectivity index (χ0) is 16.6. The molecule has 5 heteroatoms. The standard InChI is InChI=1S/C19H18N2O3/c22-19(14-24-16-6-2-1-3-7-16)21-11-12-23-17-8-9-18-15(13-17)5-4-10-20-18/h1-10,13H,11-12,14H2,(H,21,22). The van der Waals surface area contributed by atoms with Crippen LogP contribution in [0.4, 0.5) is 0 Å². The van der Waals surface area contributed by atoms with Crippen LogP contribution in [-0.4, -0.2) is 30.6 Å². The van der Waals surface area contributed by atoms with E-state index in [4.69, 9.17) is 9.47 Å². The van der Waals surface area contributed by atoms with Crippen molar-refractivity contribution in [1.29, 1.82) is 0 Å². The third-order valence-electron chi connectivity index (χ3n) is 3.38. The van der Waals surface area contributed by atoms with Gasteiger partial charge in [-0.15, -0.1) is 0 Å². The van der Waals surface area contributed by atoms with Gasteiger partial charge in [-0.2, -0.15) is 0 Å². The van der Waals surface area contributed by atoms with Crippen LogP contribution < -0.4 is 14.8 Å². The number of carbonyl (C=O) groups is 1. The van der Waals surface area contributed by atoms with Gasteiger partial charge in [0.1, 0.15) is 18.1 Å². The molecule has 3 aromatic rings. The molecule has 1 aromatic heterocycles. The molecule has 0 radical (unpaired) electrons. The highest BCUT2D eigenvalue weighted by molar-refractivity contribution is 5.79. The van der Waals surface area contributed by atoms with E-state index in [1.807, 2.05) is 60.7 Å². The topological polar surface area (TPSA) is 60.5 Å². The summed E-state index contributed by atoms with van der Waals surface area (Å²) in [5, 5.41) is 3.78. The predicted molar refractivity (Wildman–Crippen MR) is 92.2 cm³/mol. The number of para-hydroxylation sites is 1. The van der Waals surface area contributed by atoms with Gasteiger partial charge in [0.05, 0.1) is 12.1 Å². The first-order valence-corrected chi connectivity index (χ1v) is 7.73. The van der Waals surface area contributed by atoms with Gasteiger partial charge in [0.15, 0.2) is 6.61 Å². The van der Waals surface area contributed by atoms with E-state index in [0.717, 1.165) is 16.7 Å². The Hall–Kier alpha value is -3.08. The lowest BCUT2D eigenvalue weighted by molar-refractivity contribution is -0.123. The summed E-state index contributed by atoms with van der Waals surface area (Å²) >= 11 is 0. The number of hydrogen-bond acceptors (Lipinski definition) is 4. The van der Waals surface area contributed by atoms with Gasteiger partial charge >= 0.3 is 0 Å². The average Bonchev–Trinajstić information content (AvgIpc) is 2.64. The van der Waals surface area contributed by atoms with Crippen molar-refractivity contribution in [2.75, 3.05) is 19.8 Å². The molecule has 0 spiro atoms. The average molecular weight is 322 g/mol. The molecule has 0 aliphatic heterocycles. The first-order valence-electron chi connectivity index (χ1n) is 7.73. The number of hydrogen-bond donors (Lipinski definition) is 1. The third kappa shape index (κ3) is 4.46. The number of benzene rings is 2. The fourth-order valence-electron chi connectivity index (χ4n) is 2.22. The molecule has 0 fully saturated rings. The van der Waals surface area contributed by atoms with Crippen LogP contribution in [-0.2, 0) is 4.79 Å². The Morgan fingerprint density at radius 3 is 2.71 bits per heavy atom. The van der Waals surface area contributed by atoms with Crippen LogP contribution in [0, 0.1) is 0 Å². The second-order valence-electron chi connectivity index (χ2n) is 5.16. The minimum atomic E-state index is -0.176. The van der Waals surface area contributed by atoms with Crippen LogP contribution in [0.5, 0.6) is 11.5 Å². The summed E-state index contributed by atoms with van der Waals surface area (Å²) < 4.78 is 11.0. The number of amides is 1. The molecule has 1 N–H and O–H groups in total. The number of rotatable bonds is 7. The van der Waals surface area contributed by atoms with E-state index in [1.54, 1.807) is 6.20 Å². The molecule has 0 saturated heterocycles. The molecule has 5 nitrogen and oxygen atoms in total. The second kappa shape index (κ2) is 7.97. The number of carbonyl (C=O) groups excluding carboxylic acids is 1. The predicted octanol–water partition coefficient (Wildman–Crippen LogP) is 2.81. The Kier molecular flexibility index (Phi) is 5.24. The number of pyridine rings is 1. The van der Waals surface area contributed by atoms with Gasteiger partial charge < -0.3 is 14.8 Å². The normalized spacial score (nSPS) is 10.3. The molecule has 0 bridgehead atoms. The summed E-state index contributed by atoms with van der Waals surface area (Å²) in [6, 6.07) is 18.8. The SMILES string of the molecule is O=C(COc1ccccc1)NCCOc1ccc2ncccc2c1. The van der Waals surface area contributed by atoms with Crippen molar-refractivity contribution in [3.8, 4) is 11.5 Å². The molecule has 3 rings (SSSR count). The van der Waals surface area contributed by atoms with E-state index in [9.17, 15) is 4.79 Å². The molecule has 122 valence electrons. The van der Waals surface area contributed by atoms with E-state index in [-0.39, 0.29) is 12.5 Å². The van der Waals surface area contributed by atoms with E-state index in [2.05, 4.69) is 10.3 Å². The molecule has 1 amide bonds. The maximum absolute atomic E-state index is 11.7. The zero-order valence-corrected chi connectivity index (χ0v) is 13.1. The highest BCUT2D eigenvalue weighted by Crippen LogP contribution is 2.18. The number of fused-ring (bicyclic) bond motifs is 1.